The van der Waals surface area contributed by atoms with Crippen molar-refractivity contribution in [2.45, 2.75) is 123 Å². The average Bonchev–Trinajstić information content (AvgIpc) is 2.77. The molecule has 2 unspecified atom stereocenters. The van der Waals surface area contributed by atoms with Crippen LogP contribution in [-0.2, 0) is 23.1 Å². The van der Waals surface area contributed by atoms with Crippen molar-refractivity contribution in [3.8, 4) is 0 Å². The van der Waals surface area contributed by atoms with Crippen molar-refractivity contribution in [3.63, 3.8) is 0 Å². The van der Waals surface area contributed by atoms with Gasteiger partial charge in [0.1, 0.15) is 12.7 Å². The van der Waals surface area contributed by atoms with Crippen molar-refractivity contribution in [1.82, 2.24) is 0 Å². The maximum atomic E-state index is 11.3. The molecule has 0 rings (SSSR count). The van der Waals surface area contributed by atoms with Crippen LogP contribution in [0.4, 0.5) is 4.79 Å². The molecule has 1 N–H and O–H groups in total. The normalized spacial score (nSPS) is 12.5. The van der Waals surface area contributed by atoms with E-state index in [2.05, 4.69) is 16.2 Å². The standard InChI is InChI=1S/C24H48O7P/c1-3-5-6-7-8-9-10-11-12-13-14-15-16-17-18-19-20-28-21-23(25)22-30-32(27)31-24(26)29-4-2/h23,25H,3-22H2,1-2H3/q+1. The summed E-state index contributed by atoms with van der Waals surface area (Å²) in [5.41, 5.74) is 0. The number of carbonyl (C=O) groups is 1. The first-order valence-electron chi connectivity index (χ1n) is 12.8. The summed E-state index contributed by atoms with van der Waals surface area (Å²) in [4.78, 5) is 11.0. The molecule has 2 atom stereocenters. The van der Waals surface area contributed by atoms with Gasteiger partial charge >= 0.3 is 14.4 Å². The van der Waals surface area contributed by atoms with E-state index in [1.165, 1.54) is 89.9 Å². The molecular formula is C24H48O7P+. The molecule has 0 aliphatic heterocycles. The molecule has 0 spiro atoms. The van der Waals surface area contributed by atoms with Crippen molar-refractivity contribution < 1.29 is 33.0 Å². The number of hydrogen-bond donors (Lipinski definition) is 1. The number of ether oxygens (including phenoxy) is 2. The summed E-state index contributed by atoms with van der Waals surface area (Å²) in [6, 6.07) is 0. The molecule has 0 amide bonds. The van der Waals surface area contributed by atoms with Crippen LogP contribution in [0.2, 0.25) is 0 Å². The molecule has 0 radical (unpaired) electrons. The van der Waals surface area contributed by atoms with Crippen LogP contribution in [0.5, 0.6) is 0 Å². The third kappa shape index (κ3) is 23.9. The van der Waals surface area contributed by atoms with Gasteiger partial charge in [-0.3, -0.25) is 0 Å². The lowest BCUT2D eigenvalue weighted by Gasteiger charge is -2.08. The number of hydrogen-bond acceptors (Lipinski definition) is 7. The highest BCUT2D eigenvalue weighted by molar-refractivity contribution is 7.34. The zero-order valence-corrected chi connectivity index (χ0v) is 21.5. The minimum Gasteiger partial charge on any atom is -0.432 e. The smallest absolute Gasteiger partial charge is 0.432 e. The van der Waals surface area contributed by atoms with Crippen LogP contribution in [-0.4, -0.2) is 43.8 Å². The van der Waals surface area contributed by atoms with E-state index in [-0.39, 0.29) is 19.8 Å². The zero-order valence-electron chi connectivity index (χ0n) is 20.6. The minimum atomic E-state index is -2.64. The first kappa shape index (κ1) is 31.2. The Bertz CT molecular complexity index is 435. The SMILES string of the molecule is CCCCCCCCCCCCCCCCCCOCC(O)CO[P+](=O)OC(=O)OCC. The van der Waals surface area contributed by atoms with E-state index in [0.29, 0.717) is 6.61 Å². The lowest BCUT2D eigenvalue weighted by molar-refractivity contribution is 0.00901. The number of carbonyl (C=O) groups excluding carboxylic acids is 1. The van der Waals surface area contributed by atoms with Gasteiger partial charge in [-0.05, 0) is 13.3 Å². The van der Waals surface area contributed by atoms with Gasteiger partial charge < -0.3 is 14.6 Å². The number of unbranched alkanes of at least 4 members (excludes halogenated alkanes) is 15. The zero-order chi connectivity index (χ0) is 23.7. The monoisotopic (exact) mass is 479 g/mol. The van der Waals surface area contributed by atoms with E-state index in [1.54, 1.807) is 6.92 Å². The van der Waals surface area contributed by atoms with Crippen molar-refractivity contribution in [3.05, 3.63) is 0 Å². The molecule has 190 valence electrons. The van der Waals surface area contributed by atoms with Crippen LogP contribution in [0, 0.1) is 0 Å². The number of aliphatic hydroxyl groups excluding tert-OH is 1. The second-order valence-corrected chi connectivity index (χ2v) is 9.21. The Hall–Kier alpha value is -0.750. The summed E-state index contributed by atoms with van der Waals surface area (Å²) in [5.74, 6) is 0. The summed E-state index contributed by atoms with van der Waals surface area (Å²) >= 11 is 0. The predicted octanol–water partition coefficient (Wildman–Crippen LogP) is 7.47. The van der Waals surface area contributed by atoms with Gasteiger partial charge in [-0.1, -0.05) is 103 Å². The third-order valence-corrected chi connectivity index (χ3v) is 5.89. The van der Waals surface area contributed by atoms with Crippen molar-refractivity contribution in [2.24, 2.45) is 0 Å². The van der Waals surface area contributed by atoms with Gasteiger partial charge in [-0.15, -0.1) is 9.05 Å². The quantitative estimate of drug-likeness (QED) is 0.0872. The first-order chi connectivity index (χ1) is 15.6. The van der Waals surface area contributed by atoms with E-state index in [4.69, 9.17) is 9.26 Å². The summed E-state index contributed by atoms with van der Waals surface area (Å²) in [7, 11) is -2.64. The van der Waals surface area contributed by atoms with Gasteiger partial charge in [0.15, 0.2) is 0 Å². The molecule has 0 saturated heterocycles. The molecule has 0 saturated carbocycles. The molecule has 0 bridgehead atoms. The predicted molar refractivity (Wildman–Crippen MR) is 128 cm³/mol. The summed E-state index contributed by atoms with van der Waals surface area (Å²) < 4.78 is 30.3. The molecule has 0 aliphatic carbocycles. The Morgan fingerprint density at radius 3 is 1.69 bits per heavy atom. The third-order valence-electron chi connectivity index (χ3n) is 5.24. The fourth-order valence-electron chi connectivity index (χ4n) is 3.40. The molecule has 32 heavy (non-hydrogen) atoms. The first-order valence-corrected chi connectivity index (χ1v) is 13.9. The second kappa shape index (κ2) is 24.9. The Labute approximate surface area is 196 Å². The molecular weight excluding hydrogens is 431 g/mol. The lowest BCUT2D eigenvalue weighted by Crippen LogP contribution is -2.21. The topological polar surface area (TPSA) is 91.3 Å². The van der Waals surface area contributed by atoms with Gasteiger partial charge in [-0.25, -0.2) is 0 Å². The maximum Gasteiger partial charge on any atom is 0.756 e. The molecule has 0 aromatic heterocycles. The largest absolute Gasteiger partial charge is 0.756 e. The van der Waals surface area contributed by atoms with Crippen LogP contribution in [0.3, 0.4) is 0 Å². The van der Waals surface area contributed by atoms with Crippen LogP contribution in [0.25, 0.3) is 0 Å². The minimum absolute atomic E-state index is 0.0985. The van der Waals surface area contributed by atoms with E-state index in [9.17, 15) is 14.5 Å². The average molecular weight is 480 g/mol. The van der Waals surface area contributed by atoms with E-state index < -0.39 is 20.5 Å². The fourth-order valence-corrected chi connectivity index (χ4v) is 3.92. The Morgan fingerprint density at radius 1 is 0.750 bits per heavy atom. The van der Waals surface area contributed by atoms with E-state index in [0.717, 1.165) is 12.8 Å². The fraction of sp³-hybridized carbons (Fsp3) is 0.958. The second-order valence-electron chi connectivity index (χ2n) is 8.33. The van der Waals surface area contributed by atoms with Crippen molar-refractivity contribution in [1.29, 1.82) is 0 Å². The van der Waals surface area contributed by atoms with Gasteiger partial charge in [0.2, 0.25) is 0 Å². The van der Waals surface area contributed by atoms with Crippen LogP contribution >= 0.6 is 8.25 Å². The van der Waals surface area contributed by atoms with E-state index in [1.807, 2.05) is 0 Å². The van der Waals surface area contributed by atoms with Crippen molar-refractivity contribution >= 4 is 14.4 Å². The number of rotatable bonds is 24. The summed E-state index contributed by atoms with van der Waals surface area (Å²) in [5, 5.41) is 9.72. The molecule has 0 aromatic rings. The lowest BCUT2D eigenvalue weighted by atomic mass is 10.0. The Morgan fingerprint density at radius 2 is 1.22 bits per heavy atom. The summed E-state index contributed by atoms with van der Waals surface area (Å²) in [6.07, 6.45) is 19.3. The van der Waals surface area contributed by atoms with Crippen molar-refractivity contribution in [2.75, 3.05) is 26.4 Å². The molecule has 0 aliphatic rings. The van der Waals surface area contributed by atoms with Gasteiger partial charge in [0.05, 0.1) is 13.2 Å². The molecule has 0 heterocycles. The summed E-state index contributed by atoms with van der Waals surface area (Å²) in [6.45, 7) is 4.45. The van der Waals surface area contributed by atoms with Crippen LogP contribution < -0.4 is 0 Å². The highest BCUT2D eigenvalue weighted by atomic mass is 31.1. The molecule has 0 aromatic carbocycles. The molecule has 7 nitrogen and oxygen atoms in total. The molecule has 8 heteroatoms. The van der Waals surface area contributed by atoms with Gasteiger partial charge in [0.25, 0.3) is 0 Å². The molecule has 0 fully saturated rings. The number of aliphatic hydroxyl groups is 1. The Kier molecular flexibility index (Phi) is 24.3. The maximum absolute atomic E-state index is 11.3. The van der Waals surface area contributed by atoms with Crippen LogP contribution in [0.1, 0.15) is 117 Å². The van der Waals surface area contributed by atoms with Gasteiger partial charge in [-0.2, -0.15) is 4.79 Å². The highest BCUT2D eigenvalue weighted by Gasteiger charge is 2.28. The van der Waals surface area contributed by atoms with Gasteiger partial charge in [0, 0.05) is 11.2 Å². The van der Waals surface area contributed by atoms with E-state index >= 15 is 0 Å². The highest BCUT2D eigenvalue weighted by Crippen LogP contribution is 2.24. The van der Waals surface area contributed by atoms with Crippen LogP contribution in [0.15, 0.2) is 0 Å². The Balaban J connectivity index is 3.25.